The first kappa shape index (κ1) is 14.7. The first-order chi connectivity index (χ1) is 8.76. The van der Waals surface area contributed by atoms with Gasteiger partial charge in [0.2, 0.25) is 0 Å². The molecule has 0 saturated carbocycles. The average molecular weight is 250 g/mol. The Labute approximate surface area is 109 Å². The van der Waals surface area contributed by atoms with Gasteiger partial charge >= 0.3 is 5.97 Å². The highest BCUT2D eigenvalue weighted by Crippen LogP contribution is 2.09. The van der Waals surface area contributed by atoms with Crippen molar-refractivity contribution >= 4 is 5.97 Å². The minimum absolute atomic E-state index is 0.308. The van der Waals surface area contributed by atoms with Gasteiger partial charge in [-0.25, -0.2) is 4.79 Å². The van der Waals surface area contributed by atoms with Crippen LogP contribution < -0.4 is 0 Å². The molecule has 0 aliphatic carbocycles. The van der Waals surface area contributed by atoms with E-state index in [2.05, 4.69) is 23.9 Å². The predicted octanol–water partition coefficient (Wildman–Crippen LogP) is 3.80. The van der Waals surface area contributed by atoms with Crippen molar-refractivity contribution in [3.63, 3.8) is 0 Å². The Morgan fingerprint density at radius 1 is 1.06 bits per heavy atom. The molecule has 1 aromatic carbocycles. The van der Waals surface area contributed by atoms with Crippen molar-refractivity contribution < 1.29 is 14.6 Å². The summed E-state index contributed by atoms with van der Waals surface area (Å²) in [6.45, 7) is 4.42. The Hall–Kier alpha value is -1.35. The second-order valence-corrected chi connectivity index (χ2v) is 4.39. The van der Waals surface area contributed by atoms with Crippen LogP contribution in [0.1, 0.15) is 50.7 Å². The van der Waals surface area contributed by atoms with Gasteiger partial charge in [0.1, 0.15) is 6.61 Å². The zero-order chi connectivity index (χ0) is 13.2. The van der Waals surface area contributed by atoms with Gasteiger partial charge in [-0.15, -0.1) is 0 Å². The van der Waals surface area contributed by atoms with Crippen molar-refractivity contribution in [1.29, 1.82) is 0 Å². The molecule has 3 nitrogen and oxygen atoms in total. The van der Waals surface area contributed by atoms with Crippen molar-refractivity contribution in [3.8, 4) is 0 Å². The summed E-state index contributed by atoms with van der Waals surface area (Å²) < 4.78 is 0. The summed E-state index contributed by atoms with van der Waals surface area (Å²) in [5.74, 6) is -0.308. The van der Waals surface area contributed by atoms with Crippen LogP contribution in [0.15, 0.2) is 24.3 Å². The molecule has 100 valence electrons. The van der Waals surface area contributed by atoms with Crippen molar-refractivity contribution in [2.45, 2.75) is 52.6 Å². The SMILES string of the molecule is CCCCc1ccc(COOC(=O)CCC)cc1. The fourth-order valence-electron chi connectivity index (χ4n) is 1.59. The Bertz CT molecular complexity index is 343. The lowest BCUT2D eigenvalue weighted by Gasteiger charge is -2.04. The third-order valence-electron chi connectivity index (χ3n) is 2.67. The van der Waals surface area contributed by atoms with Crippen LogP contribution in [0.4, 0.5) is 0 Å². The zero-order valence-electron chi connectivity index (χ0n) is 11.3. The largest absolute Gasteiger partial charge is 0.342 e. The van der Waals surface area contributed by atoms with Crippen LogP contribution in [0.5, 0.6) is 0 Å². The van der Waals surface area contributed by atoms with Crippen molar-refractivity contribution in [2.75, 3.05) is 0 Å². The van der Waals surface area contributed by atoms with Crippen LogP contribution in [-0.2, 0) is 27.6 Å². The first-order valence-electron chi connectivity index (χ1n) is 6.66. The number of aryl methyl sites for hydroxylation is 1. The van der Waals surface area contributed by atoms with E-state index in [9.17, 15) is 4.79 Å². The molecule has 0 bridgehead atoms. The second-order valence-electron chi connectivity index (χ2n) is 4.39. The van der Waals surface area contributed by atoms with Crippen LogP contribution in [0, 0.1) is 0 Å². The summed E-state index contributed by atoms with van der Waals surface area (Å²) in [5.41, 5.74) is 2.35. The number of hydrogen-bond donors (Lipinski definition) is 0. The third-order valence-corrected chi connectivity index (χ3v) is 2.67. The van der Waals surface area contributed by atoms with Crippen LogP contribution in [0.3, 0.4) is 0 Å². The Morgan fingerprint density at radius 2 is 1.72 bits per heavy atom. The quantitative estimate of drug-likeness (QED) is 0.520. The zero-order valence-corrected chi connectivity index (χ0v) is 11.3. The molecular formula is C15H22O3. The summed E-state index contributed by atoms with van der Waals surface area (Å²) in [4.78, 5) is 20.6. The van der Waals surface area contributed by atoms with Crippen molar-refractivity contribution in [1.82, 2.24) is 0 Å². The summed E-state index contributed by atoms with van der Waals surface area (Å²) in [6, 6.07) is 8.22. The van der Waals surface area contributed by atoms with E-state index in [0.29, 0.717) is 13.0 Å². The van der Waals surface area contributed by atoms with Gasteiger partial charge in [-0.2, -0.15) is 4.89 Å². The molecule has 0 fully saturated rings. The van der Waals surface area contributed by atoms with Crippen LogP contribution in [0.25, 0.3) is 0 Å². The summed E-state index contributed by atoms with van der Waals surface area (Å²) in [6.07, 6.45) is 4.70. The molecule has 0 aliphatic heterocycles. The number of carbonyl (C=O) groups excluding carboxylic acids is 1. The Morgan fingerprint density at radius 3 is 2.33 bits per heavy atom. The van der Waals surface area contributed by atoms with Gasteiger partial charge in [0.05, 0.1) is 0 Å². The number of rotatable bonds is 8. The minimum atomic E-state index is -0.308. The van der Waals surface area contributed by atoms with E-state index in [1.54, 1.807) is 0 Å². The normalized spacial score (nSPS) is 10.3. The topological polar surface area (TPSA) is 35.5 Å². The molecular weight excluding hydrogens is 228 g/mol. The van der Waals surface area contributed by atoms with E-state index in [1.807, 2.05) is 19.1 Å². The average Bonchev–Trinajstić information content (AvgIpc) is 2.38. The fraction of sp³-hybridized carbons (Fsp3) is 0.533. The monoisotopic (exact) mass is 250 g/mol. The molecule has 0 unspecified atom stereocenters. The maximum atomic E-state index is 11.1. The molecule has 0 amide bonds. The van der Waals surface area contributed by atoms with Crippen molar-refractivity contribution in [3.05, 3.63) is 35.4 Å². The van der Waals surface area contributed by atoms with Gasteiger partial charge in [0.25, 0.3) is 0 Å². The lowest BCUT2D eigenvalue weighted by atomic mass is 10.1. The lowest BCUT2D eigenvalue weighted by molar-refractivity contribution is -0.280. The van der Waals surface area contributed by atoms with Crippen LogP contribution in [0.2, 0.25) is 0 Å². The van der Waals surface area contributed by atoms with Crippen LogP contribution >= 0.6 is 0 Å². The minimum Gasteiger partial charge on any atom is -0.298 e. The summed E-state index contributed by atoms with van der Waals surface area (Å²) >= 11 is 0. The highest BCUT2D eigenvalue weighted by molar-refractivity contribution is 5.68. The van der Waals surface area contributed by atoms with Gasteiger partial charge in [-0.05, 0) is 30.4 Å². The van der Waals surface area contributed by atoms with Gasteiger partial charge in [0, 0.05) is 6.42 Å². The van der Waals surface area contributed by atoms with E-state index in [0.717, 1.165) is 18.4 Å². The Balaban J connectivity index is 2.28. The van der Waals surface area contributed by atoms with E-state index >= 15 is 0 Å². The first-order valence-corrected chi connectivity index (χ1v) is 6.66. The molecule has 18 heavy (non-hydrogen) atoms. The molecule has 3 heteroatoms. The van der Waals surface area contributed by atoms with Gasteiger partial charge in [-0.3, -0.25) is 4.89 Å². The van der Waals surface area contributed by atoms with E-state index in [4.69, 9.17) is 4.89 Å². The standard InChI is InChI=1S/C15H22O3/c1-3-5-7-13-8-10-14(11-9-13)12-17-18-15(16)6-4-2/h8-11H,3-7,12H2,1-2H3. The predicted molar refractivity (Wildman–Crippen MR) is 70.8 cm³/mol. The number of unbranched alkanes of at least 4 members (excludes halogenated alkanes) is 1. The third kappa shape index (κ3) is 5.82. The van der Waals surface area contributed by atoms with Crippen LogP contribution in [-0.4, -0.2) is 5.97 Å². The molecule has 0 N–H and O–H groups in total. The molecule has 0 aromatic heterocycles. The van der Waals surface area contributed by atoms with Gasteiger partial charge < -0.3 is 0 Å². The van der Waals surface area contributed by atoms with E-state index < -0.39 is 0 Å². The van der Waals surface area contributed by atoms with E-state index in [-0.39, 0.29) is 5.97 Å². The van der Waals surface area contributed by atoms with Gasteiger partial charge in [0.15, 0.2) is 0 Å². The second kappa shape index (κ2) is 8.70. The maximum absolute atomic E-state index is 11.1. The smallest absolute Gasteiger partial charge is 0.298 e. The molecule has 0 aliphatic rings. The Kier molecular flexibility index (Phi) is 7.11. The molecule has 1 aromatic rings. The fourth-order valence-corrected chi connectivity index (χ4v) is 1.59. The number of carbonyl (C=O) groups is 1. The van der Waals surface area contributed by atoms with E-state index in [1.165, 1.54) is 18.4 Å². The number of benzene rings is 1. The lowest BCUT2D eigenvalue weighted by Crippen LogP contribution is -2.04. The molecule has 1 rings (SSSR count). The molecule has 0 atom stereocenters. The highest BCUT2D eigenvalue weighted by atomic mass is 17.2. The molecule has 0 spiro atoms. The summed E-state index contributed by atoms with van der Waals surface area (Å²) in [5, 5.41) is 0. The summed E-state index contributed by atoms with van der Waals surface area (Å²) in [7, 11) is 0. The molecule has 0 radical (unpaired) electrons. The molecule has 0 heterocycles. The maximum Gasteiger partial charge on any atom is 0.342 e. The highest BCUT2D eigenvalue weighted by Gasteiger charge is 2.02. The number of hydrogen-bond acceptors (Lipinski definition) is 3. The molecule has 0 saturated heterocycles. The van der Waals surface area contributed by atoms with Crippen molar-refractivity contribution in [2.24, 2.45) is 0 Å². The van der Waals surface area contributed by atoms with Gasteiger partial charge in [-0.1, -0.05) is 44.5 Å².